The van der Waals surface area contributed by atoms with Crippen LogP contribution in [0.1, 0.15) is 18.7 Å². The van der Waals surface area contributed by atoms with Crippen molar-refractivity contribution in [1.29, 1.82) is 0 Å². The monoisotopic (exact) mass is 343 g/mol. The number of ether oxygens (including phenoxy) is 1. The van der Waals surface area contributed by atoms with Gasteiger partial charge in [-0.05, 0) is 47.9 Å². The van der Waals surface area contributed by atoms with Crippen LogP contribution in [-0.4, -0.2) is 30.3 Å². The summed E-state index contributed by atoms with van der Waals surface area (Å²) in [6.45, 7) is 1.80. The highest BCUT2D eigenvalue weighted by Gasteiger charge is 2.39. The van der Waals surface area contributed by atoms with Gasteiger partial charge in [-0.2, -0.15) is 4.98 Å². The molecular formula is C12H14BrN3O2S. The SMILES string of the molecule is COC1(c2nc(-c3cc(Br)cs3)no2)CCNCC1. The zero-order valence-corrected chi connectivity index (χ0v) is 12.9. The first-order valence-electron chi connectivity index (χ1n) is 6.08. The summed E-state index contributed by atoms with van der Waals surface area (Å²) in [5.41, 5.74) is -0.439. The Labute approximate surface area is 123 Å². The molecule has 1 N–H and O–H groups in total. The van der Waals surface area contributed by atoms with Crippen molar-refractivity contribution in [2.45, 2.75) is 18.4 Å². The maximum absolute atomic E-state index is 5.68. The maximum Gasteiger partial charge on any atom is 0.259 e. The fraction of sp³-hybridized carbons (Fsp3) is 0.500. The Hall–Kier alpha value is -0.760. The van der Waals surface area contributed by atoms with Gasteiger partial charge in [-0.25, -0.2) is 0 Å². The molecule has 7 heteroatoms. The Balaban J connectivity index is 1.91. The van der Waals surface area contributed by atoms with Crippen molar-refractivity contribution in [3.8, 4) is 10.7 Å². The Bertz CT molecular complexity index is 563. The van der Waals surface area contributed by atoms with E-state index in [0.29, 0.717) is 11.7 Å². The summed E-state index contributed by atoms with van der Waals surface area (Å²) in [4.78, 5) is 5.51. The van der Waals surface area contributed by atoms with Crippen molar-refractivity contribution < 1.29 is 9.26 Å². The molecule has 2 aromatic heterocycles. The minimum absolute atomic E-state index is 0.439. The number of piperidine rings is 1. The molecule has 1 saturated heterocycles. The lowest BCUT2D eigenvalue weighted by Crippen LogP contribution is -2.41. The van der Waals surface area contributed by atoms with E-state index in [1.807, 2.05) is 11.4 Å². The fourth-order valence-corrected chi connectivity index (χ4v) is 3.63. The highest BCUT2D eigenvalue weighted by atomic mass is 79.9. The third kappa shape index (κ3) is 2.47. The van der Waals surface area contributed by atoms with E-state index < -0.39 is 5.60 Å². The fourth-order valence-electron chi connectivity index (χ4n) is 2.27. The van der Waals surface area contributed by atoms with Crippen LogP contribution < -0.4 is 5.32 Å². The summed E-state index contributed by atoms with van der Waals surface area (Å²) in [5, 5.41) is 9.38. The van der Waals surface area contributed by atoms with E-state index in [1.54, 1.807) is 18.4 Å². The second-order valence-corrected chi connectivity index (χ2v) is 6.33. The van der Waals surface area contributed by atoms with Crippen molar-refractivity contribution >= 4 is 27.3 Å². The zero-order chi connectivity index (χ0) is 13.3. The van der Waals surface area contributed by atoms with Crippen molar-refractivity contribution in [2.24, 2.45) is 0 Å². The third-order valence-electron chi connectivity index (χ3n) is 3.41. The van der Waals surface area contributed by atoms with Gasteiger partial charge >= 0.3 is 0 Å². The number of rotatable bonds is 3. The van der Waals surface area contributed by atoms with Crippen LogP contribution in [0.2, 0.25) is 0 Å². The molecule has 0 bridgehead atoms. The normalized spacial score (nSPS) is 18.6. The molecule has 0 spiro atoms. The van der Waals surface area contributed by atoms with Gasteiger partial charge < -0.3 is 14.6 Å². The molecule has 1 aliphatic heterocycles. The number of thiophene rings is 1. The molecule has 3 rings (SSSR count). The molecule has 2 aromatic rings. The molecule has 102 valence electrons. The van der Waals surface area contributed by atoms with Crippen LogP contribution in [0.15, 0.2) is 20.4 Å². The van der Waals surface area contributed by atoms with Crippen LogP contribution >= 0.6 is 27.3 Å². The minimum Gasteiger partial charge on any atom is -0.368 e. The van der Waals surface area contributed by atoms with Crippen LogP contribution in [0.3, 0.4) is 0 Å². The molecular weight excluding hydrogens is 330 g/mol. The van der Waals surface area contributed by atoms with Gasteiger partial charge in [0.25, 0.3) is 5.89 Å². The van der Waals surface area contributed by atoms with Gasteiger partial charge in [0.2, 0.25) is 5.82 Å². The third-order valence-corrected chi connectivity index (χ3v) is 5.09. The summed E-state index contributed by atoms with van der Waals surface area (Å²) in [5.74, 6) is 1.21. The number of nitrogens with zero attached hydrogens (tertiary/aromatic N) is 2. The second kappa shape index (κ2) is 5.32. The Morgan fingerprint density at radius 1 is 1.47 bits per heavy atom. The first-order valence-corrected chi connectivity index (χ1v) is 7.75. The number of aromatic nitrogens is 2. The zero-order valence-electron chi connectivity index (χ0n) is 10.5. The topological polar surface area (TPSA) is 60.2 Å². The van der Waals surface area contributed by atoms with Gasteiger partial charge in [0.1, 0.15) is 5.60 Å². The first kappa shape index (κ1) is 13.2. The number of methoxy groups -OCH3 is 1. The van der Waals surface area contributed by atoms with Crippen molar-refractivity contribution in [1.82, 2.24) is 15.5 Å². The highest BCUT2D eigenvalue weighted by molar-refractivity contribution is 9.10. The largest absolute Gasteiger partial charge is 0.368 e. The quantitative estimate of drug-likeness (QED) is 0.928. The summed E-state index contributed by atoms with van der Waals surface area (Å²) in [6, 6.07) is 1.99. The average molecular weight is 344 g/mol. The summed E-state index contributed by atoms with van der Waals surface area (Å²) in [7, 11) is 1.71. The molecule has 0 saturated carbocycles. The smallest absolute Gasteiger partial charge is 0.259 e. The molecule has 5 nitrogen and oxygen atoms in total. The summed E-state index contributed by atoms with van der Waals surface area (Å²) < 4.78 is 12.1. The number of hydrogen-bond donors (Lipinski definition) is 1. The highest BCUT2D eigenvalue weighted by Crippen LogP contribution is 2.35. The van der Waals surface area contributed by atoms with E-state index in [0.717, 1.165) is 35.3 Å². The lowest BCUT2D eigenvalue weighted by atomic mass is 9.92. The lowest BCUT2D eigenvalue weighted by molar-refractivity contribution is -0.0622. The Morgan fingerprint density at radius 2 is 2.26 bits per heavy atom. The number of halogens is 1. The van der Waals surface area contributed by atoms with Gasteiger partial charge in [-0.3, -0.25) is 0 Å². The van der Waals surface area contributed by atoms with Crippen LogP contribution in [-0.2, 0) is 10.3 Å². The number of nitrogens with one attached hydrogen (secondary N) is 1. The predicted octanol–water partition coefficient (Wildman–Crippen LogP) is 2.79. The molecule has 1 fully saturated rings. The van der Waals surface area contributed by atoms with Gasteiger partial charge in [0, 0.05) is 17.0 Å². The molecule has 0 unspecified atom stereocenters. The van der Waals surface area contributed by atoms with Gasteiger partial charge in [0.15, 0.2) is 0 Å². The van der Waals surface area contributed by atoms with Crippen LogP contribution in [0.4, 0.5) is 0 Å². The molecule has 19 heavy (non-hydrogen) atoms. The van der Waals surface area contributed by atoms with Crippen LogP contribution in [0.5, 0.6) is 0 Å². The Kier molecular flexibility index (Phi) is 3.70. The van der Waals surface area contributed by atoms with Gasteiger partial charge in [-0.15, -0.1) is 11.3 Å². The van der Waals surface area contributed by atoms with E-state index >= 15 is 0 Å². The molecule has 3 heterocycles. The van der Waals surface area contributed by atoms with Crippen LogP contribution in [0, 0.1) is 0 Å². The average Bonchev–Trinajstić information content (AvgIpc) is 3.08. The first-order chi connectivity index (χ1) is 9.23. The van der Waals surface area contributed by atoms with E-state index in [4.69, 9.17) is 9.26 Å². The van der Waals surface area contributed by atoms with Crippen LogP contribution in [0.25, 0.3) is 10.7 Å². The molecule has 0 amide bonds. The predicted molar refractivity (Wildman–Crippen MR) is 76.1 cm³/mol. The van der Waals surface area contributed by atoms with Crippen molar-refractivity contribution in [3.63, 3.8) is 0 Å². The summed E-state index contributed by atoms with van der Waals surface area (Å²) >= 11 is 5.01. The molecule has 0 aromatic carbocycles. The van der Waals surface area contributed by atoms with E-state index in [-0.39, 0.29) is 0 Å². The molecule has 1 aliphatic rings. The van der Waals surface area contributed by atoms with E-state index in [9.17, 15) is 0 Å². The molecule has 0 atom stereocenters. The standard InChI is InChI=1S/C12H14BrN3O2S/c1-17-12(2-4-14-5-3-12)11-15-10(16-18-11)9-6-8(13)7-19-9/h6-7,14H,2-5H2,1H3. The van der Waals surface area contributed by atoms with E-state index in [1.165, 1.54) is 0 Å². The second-order valence-electron chi connectivity index (χ2n) is 4.50. The van der Waals surface area contributed by atoms with Gasteiger partial charge in [0.05, 0.1) is 4.88 Å². The summed E-state index contributed by atoms with van der Waals surface area (Å²) in [6.07, 6.45) is 1.69. The van der Waals surface area contributed by atoms with Gasteiger partial charge in [-0.1, -0.05) is 5.16 Å². The van der Waals surface area contributed by atoms with E-state index in [2.05, 4.69) is 31.4 Å². The lowest BCUT2D eigenvalue weighted by Gasteiger charge is -2.32. The van der Waals surface area contributed by atoms with Crippen molar-refractivity contribution in [2.75, 3.05) is 20.2 Å². The molecule has 0 aliphatic carbocycles. The number of hydrogen-bond acceptors (Lipinski definition) is 6. The van der Waals surface area contributed by atoms with Crippen molar-refractivity contribution in [3.05, 3.63) is 21.8 Å². The maximum atomic E-state index is 5.68. The Morgan fingerprint density at radius 3 is 2.89 bits per heavy atom. The molecule has 0 radical (unpaired) electrons. The minimum atomic E-state index is -0.439.